The summed E-state index contributed by atoms with van der Waals surface area (Å²) >= 11 is 0. The largest absolute Gasteiger partial charge is 0.497 e. The molecule has 3 rings (SSSR count). The number of hydrogen-bond acceptors (Lipinski definition) is 4. The lowest BCUT2D eigenvalue weighted by Crippen LogP contribution is -2.22. The molecule has 0 amide bonds. The number of anilines is 1. The summed E-state index contributed by atoms with van der Waals surface area (Å²) in [5.41, 5.74) is 3.55. The van der Waals surface area contributed by atoms with Crippen LogP contribution in [0, 0.1) is 0 Å². The monoisotopic (exact) mass is 435 g/mol. The highest BCUT2D eigenvalue weighted by Gasteiger charge is 2.18. The predicted molar refractivity (Wildman–Crippen MR) is 132 cm³/mol. The van der Waals surface area contributed by atoms with Crippen LogP contribution in [0.25, 0.3) is 27.6 Å². The van der Waals surface area contributed by atoms with E-state index >= 15 is 0 Å². The summed E-state index contributed by atoms with van der Waals surface area (Å²) in [6.07, 6.45) is 7.44. The molecule has 0 saturated carbocycles. The van der Waals surface area contributed by atoms with Crippen LogP contribution in [-0.4, -0.2) is 29.0 Å². The molecular weight excluding hydrogens is 408 g/mol. The molecule has 31 heavy (non-hydrogen) atoms. The molecule has 2 aromatic carbocycles. The first-order valence-electron chi connectivity index (χ1n) is 9.98. The van der Waals surface area contributed by atoms with Crippen molar-refractivity contribution in [3.8, 4) is 16.9 Å². The molecule has 0 spiro atoms. The van der Waals surface area contributed by atoms with Gasteiger partial charge in [0, 0.05) is 11.0 Å². The summed E-state index contributed by atoms with van der Waals surface area (Å²) in [6.45, 7) is 7.40. The molecule has 1 heterocycles. The van der Waals surface area contributed by atoms with E-state index in [0.29, 0.717) is 11.6 Å². The van der Waals surface area contributed by atoms with Crippen LogP contribution in [0.4, 0.5) is 10.2 Å². The molecule has 1 N–H and O–H groups in total. The van der Waals surface area contributed by atoms with Gasteiger partial charge in [0.05, 0.1) is 19.2 Å². The molecule has 0 radical (unpaired) electrons. The number of ether oxygens (including phenoxy) is 1. The van der Waals surface area contributed by atoms with Gasteiger partial charge in [-0.25, -0.2) is 14.4 Å². The third kappa shape index (κ3) is 5.77. The van der Waals surface area contributed by atoms with E-state index in [9.17, 15) is 4.39 Å². The molecule has 0 saturated heterocycles. The highest BCUT2D eigenvalue weighted by Crippen LogP contribution is 2.31. The highest BCUT2D eigenvalue weighted by molar-refractivity contribution is 7.18. The van der Waals surface area contributed by atoms with Crippen molar-refractivity contribution in [2.45, 2.75) is 19.3 Å². The molecule has 0 aliphatic heterocycles. The number of nitrogens with one attached hydrogen (secondary N) is 1. The van der Waals surface area contributed by atoms with Gasteiger partial charge in [-0.15, -0.1) is 0 Å². The number of aromatic nitrogens is 2. The Morgan fingerprint density at radius 2 is 2.00 bits per heavy atom. The van der Waals surface area contributed by atoms with Crippen LogP contribution in [0.2, 0.25) is 0 Å². The fraction of sp³-hybridized carbons (Fsp3) is 0.200. The summed E-state index contributed by atoms with van der Waals surface area (Å²) in [6, 6.07) is 13.8. The van der Waals surface area contributed by atoms with Crippen molar-refractivity contribution in [1.29, 1.82) is 0 Å². The van der Waals surface area contributed by atoms with Crippen molar-refractivity contribution in [2.75, 3.05) is 19.0 Å². The van der Waals surface area contributed by atoms with Crippen LogP contribution >= 0.6 is 9.24 Å². The van der Waals surface area contributed by atoms with Crippen molar-refractivity contribution in [3.63, 3.8) is 0 Å². The normalized spacial score (nSPS) is 13.9. The third-order valence-electron chi connectivity index (χ3n) is 4.65. The first-order chi connectivity index (χ1) is 14.8. The third-order valence-corrected chi connectivity index (χ3v) is 4.85. The molecule has 2 atom stereocenters. The fourth-order valence-corrected chi connectivity index (χ4v) is 3.17. The SMILES string of the molecule is C=C/C(=C\C=C/C)c1nc(NCC(C)(F)P)c2cc(-c3cccc(OC)c3)ccc2n1. The van der Waals surface area contributed by atoms with Crippen LogP contribution in [-0.2, 0) is 0 Å². The van der Waals surface area contributed by atoms with E-state index in [1.807, 2.05) is 67.6 Å². The zero-order valence-corrected chi connectivity index (χ0v) is 19.2. The molecule has 6 heteroatoms. The number of alkyl halides is 1. The van der Waals surface area contributed by atoms with E-state index < -0.39 is 5.41 Å². The molecular formula is C25H27FN3OP. The number of nitrogens with zero attached hydrogens (tertiary/aromatic N) is 2. The average molecular weight is 435 g/mol. The Balaban J connectivity index is 2.16. The number of hydrogen-bond donors (Lipinski definition) is 1. The minimum absolute atomic E-state index is 0.0919. The maximum atomic E-state index is 14.2. The number of fused-ring (bicyclic) bond motifs is 1. The van der Waals surface area contributed by atoms with E-state index in [0.717, 1.165) is 33.4 Å². The second-order valence-electron chi connectivity index (χ2n) is 7.34. The first-order valence-corrected chi connectivity index (χ1v) is 10.6. The second kappa shape index (κ2) is 9.84. The van der Waals surface area contributed by atoms with Gasteiger partial charge in [0.2, 0.25) is 0 Å². The van der Waals surface area contributed by atoms with Crippen molar-refractivity contribution < 1.29 is 9.13 Å². The molecule has 160 valence electrons. The Morgan fingerprint density at radius 1 is 1.23 bits per heavy atom. The Morgan fingerprint density at radius 3 is 2.68 bits per heavy atom. The maximum absolute atomic E-state index is 14.2. The number of benzene rings is 2. The minimum Gasteiger partial charge on any atom is -0.497 e. The molecule has 0 fully saturated rings. The number of methoxy groups -OCH3 is 1. The second-order valence-corrected chi connectivity index (χ2v) is 8.55. The maximum Gasteiger partial charge on any atom is 0.162 e. The lowest BCUT2D eigenvalue weighted by atomic mass is 10.0. The zero-order chi connectivity index (χ0) is 22.4. The van der Waals surface area contributed by atoms with Crippen LogP contribution < -0.4 is 10.1 Å². The van der Waals surface area contributed by atoms with Crippen LogP contribution in [0.15, 0.2) is 73.3 Å². The van der Waals surface area contributed by atoms with Crippen molar-refractivity contribution in [3.05, 3.63) is 79.2 Å². The quantitative estimate of drug-likeness (QED) is 0.327. The van der Waals surface area contributed by atoms with Crippen molar-refractivity contribution in [2.24, 2.45) is 0 Å². The smallest absolute Gasteiger partial charge is 0.162 e. The number of allylic oxidation sites excluding steroid dienone is 5. The molecule has 0 bridgehead atoms. The fourth-order valence-electron chi connectivity index (χ4n) is 3.06. The molecule has 0 aliphatic carbocycles. The lowest BCUT2D eigenvalue weighted by molar-refractivity contribution is 0.332. The van der Waals surface area contributed by atoms with Crippen LogP contribution in [0.1, 0.15) is 19.7 Å². The van der Waals surface area contributed by atoms with Gasteiger partial charge >= 0.3 is 0 Å². The number of halogens is 1. The molecule has 0 aliphatic rings. The van der Waals surface area contributed by atoms with Gasteiger partial charge < -0.3 is 10.1 Å². The Hall–Kier alpha value is -3.04. The van der Waals surface area contributed by atoms with Gasteiger partial charge in [-0.2, -0.15) is 0 Å². The molecule has 4 nitrogen and oxygen atoms in total. The summed E-state index contributed by atoms with van der Waals surface area (Å²) in [4.78, 5) is 9.42. The Kier molecular flexibility index (Phi) is 7.19. The van der Waals surface area contributed by atoms with E-state index in [1.165, 1.54) is 6.92 Å². The minimum atomic E-state index is -1.47. The van der Waals surface area contributed by atoms with Gasteiger partial charge in [-0.1, -0.05) is 58.3 Å². The standard InChI is InChI=1S/C25H27FN3OP/c1-5-7-9-17(6-2)23-28-22-13-12-19(18-10-8-11-20(14-18)30-4)15-21(22)24(29-23)27-16-25(3,26)31/h5-15H,2,16,31H2,1,3-4H3,(H,27,28,29)/b7-5-,17-9+. The van der Waals surface area contributed by atoms with Crippen molar-refractivity contribution in [1.82, 2.24) is 9.97 Å². The van der Waals surface area contributed by atoms with E-state index in [1.54, 1.807) is 13.2 Å². The summed E-state index contributed by atoms with van der Waals surface area (Å²) in [5.74, 6) is 1.88. The van der Waals surface area contributed by atoms with Gasteiger partial charge in [-0.3, -0.25) is 0 Å². The van der Waals surface area contributed by atoms with Gasteiger partial charge in [-0.05, 0) is 49.2 Å². The van der Waals surface area contributed by atoms with Crippen molar-refractivity contribution >= 4 is 31.5 Å². The topological polar surface area (TPSA) is 47.0 Å². The Labute approximate surface area is 185 Å². The van der Waals surface area contributed by atoms with E-state index in [4.69, 9.17) is 14.7 Å². The number of rotatable bonds is 8. The molecule has 1 aromatic heterocycles. The van der Waals surface area contributed by atoms with Crippen LogP contribution in [0.5, 0.6) is 5.75 Å². The Bertz CT molecular complexity index is 1150. The van der Waals surface area contributed by atoms with Crippen LogP contribution in [0.3, 0.4) is 0 Å². The van der Waals surface area contributed by atoms with Gasteiger partial charge in [0.15, 0.2) is 5.82 Å². The summed E-state index contributed by atoms with van der Waals surface area (Å²) < 4.78 is 19.5. The first kappa shape index (κ1) is 22.6. The van der Waals surface area contributed by atoms with E-state index in [2.05, 4.69) is 21.1 Å². The predicted octanol–water partition coefficient (Wildman–Crippen LogP) is 6.42. The highest BCUT2D eigenvalue weighted by atomic mass is 31.0. The summed E-state index contributed by atoms with van der Waals surface area (Å²) in [7, 11) is 3.85. The van der Waals surface area contributed by atoms with Gasteiger partial charge in [0.1, 0.15) is 17.0 Å². The zero-order valence-electron chi connectivity index (χ0n) is 18.0. The molecule has 2 unspecified atom stereocenters. The van der Waals surface area contributed by atoms with Gasteiger partial charge in [0.25, 0.3) is 0 Å². The van der Waals surface area contributed by atoms with E-state index in [-0.39, 0.29) is 6.54 Å². The lowest BCUT2D eigenvalue weighted by Gasteiger charge is -2.17. The molecule has 3 aromatic rings. The average Bonchev–Trinajstić information content (AvgIpc) is 2.77. The summed E-state index contributed by atoms with van der Waals surface area (Å²) in [5, 5.41) is 2.50.